The quantitative estimate of drug-likeness (QED) is 0.764. The van der Waals surface area contributed by atoms with Crippen molar-refractivity contribution in [2.24, 2.45) is 0 Å². The molecule has 0 heterocycles. The Balaban J connectivity index is 2.17. The summed E-state index contributed by atoms with van der Waals surface area (Å²) in [5.41, 5.74) is 2.46. The minimum Gasteiger partial charge on any atom is -0.497 e. The van der Waals surface area contributed by atoms with Crippen LogP contribution in [0.1, 0.15) is 18.9 Å². The third kappa shape index (κ3) is 4.15. The van der Waals surface area contributed by atoms with Crippen molar-refractivity contribution in [2.45, 2.75) is 19.9 Å². The van der Waals surface area contributed by atoms with Crippen molar-refractivity contribution in [3.8, 4) is 11.5 Å². The van der Waals surface area contributed by atoms with Gasteiger partial charge in [0, 0.05) is 24.8 Å². The average Bonchev–Trinajstić information content (AvgIpc) is 2.55. The molecule has 0 N–H and O–H groups in total. The van der Waals surface area contributed by atoms with E-state index in [1.807, 2.05) is 24.3 Å². The molecule has 21 heavy (non-hydrogen) atoms. The zero-order chi connectivity index (χ0) is 15.1. The van der Waals surface area contributed by atoms with Crippen LogP contribution in [-0.2, 0) is 6.54 Å². The highest BCUT2D eigenvalue weighted by molar-refractivity contribution is 5.51. The fourth-order valence-electron chi connectivity index (χ4n) is 2.33. The van der Waals surface area contributed by atoms with Crippen LogP contribution in [0.4, 0.5) is 5.69 Å². The van der Waals surface area contributed by atoms with Crippen LogP contribution in [0.3, 0.4) is 0 Å². The molecule has 0 fully saturated rings. The minimum atomic E-state index is 0.880. The molecule has 0 aliphatic rings. The van der Waals surface area contributed by atoms with E-state index in [0.29, 0.717) is 0 Å². The first-order valence-electron chi connectivity index (χ1n) is 7.28. The molecule has 0 aromatic heterocycles. The number of methoxy groups -OCH3 is 2. The Kier molecular flexibility index (Phi) is 5.50. The predicted octanol–water partition coefficient (Wildman–Crippen LogP) is 4.12. The molecular formula is C18H23NO2. The molecule has 2 aromatic rings. The minimum absolute atomic E-state index is 0.880. The number of hydrogen-bond acceptors (Lipinski definition) is 3. The van der Waals surface area contributed by atoms with Crippen LogP contribution in [0.25, 0.3) is 0 Å². The summed E-state index contributed by atoms with van der Waals surface area (Å²) in [5.74, 6) is 1.78. The van der Waals surface area contributed by atoms with Crippen LogP contribution >= 0.6 is 0 Å². The van der Waals surface area contributed by atoms with E-state index in [9.17, 15) is 0 Å². The molecule has 0 aliphatic carbocycles. The van der Waals surface area contributed by atoms with E-state index in [1.54, 1.807) is 14.2 Å². The molecule has 112 valence electrons. The Morgan fingerprint density at radius 1 is 0.905 bits per heavy atom. The summed E-state index contributed by atoms with van der Waals surface area (Å²) in [6, 6.07) is 16.5. The smallest absolute Gasteiger partial charge is 0.120 e. The lowest BCUT2D eigenvalue weighted by Gasteiger charge is -2.25. The molecule has 0 unspecified atom stereocenters. The van der Waals surface area contributed by atoms with Gasteiger partial charge in [-0.05, 0) is 36.2 Å². The van der Waals surface area contributed by atoms with E-state index in [2.05, 4.69) is 36.1 Å². The van der Waals surface area contributed by atoms with Crippen molar-refractivity contribution in [2.75, 3.05) is 25.7 Å². The van der Waals surface area contributed by atoms with Gasteiger partial charge in [-0.15, -0.1) is 0 Å². The van der Waals surface area contributed by atoms with Crippen LogP contribution in [0.5, 0.6) is 11.5 Å². The molecule has 0 saturated heterocycles. The molecule has 2 aromatic carbocycles. The molecule has 0 bridgehead atoms. The first-order valence-corrected chi connectivity index (χ1v) is 7.28. The van der Waals surface area contributed by atoms with Gasteiger partial charge in [0.1, 0.15) is 11.5 Å². The van der Waals surface area contributed by atoms with Crippen LogP contribution in [0, 0.1) is 0 Å². The van der Waals surface area contributed by atoms with Gasteiger partial charge in [0.25, 0.3) is 0 Å². The Bertz CT molecular complexity index is 551. The summed E-state index contributed by atoms with van der Waals surface area (Å²) >= 11 is 0. The topological polar surface area (TPSA) is 21.7 Å². The molecule has 3 heteroatoms. The number of benzene rings is 2. The molecule has 0 atom stereocenters. The summed E-state index contributed by atoms with van der Waals surface area (Å²) < 4.78 is 10.5. The van der Waals surface area contributed by atoms with Gasteiger partial charge >= 0.3 is 0 Å². The number of anilines is 1. The van der Waals surface area contributed by atoms with Crippen LogP contribution in [-0.4, -0.2) is 20.8 Å². The van der Waals surface area contributed by atoms with Crippen molar-refractivity contribution < 1.29 is 9.47 Å². The summed E-state index contributed by atoms with van der Waals surface area (Å²) in [4.78, 5) is 2.37. The Hall–Kier alpha value is -2.16. The molecule has 2 rings (SSSR count). The standard InChI is InChI=1S/C18H23NO2/c1-4-12-19(16-6-5-7-18(13-16)21-3)14-15-8-10-17(20-2)11-9-15/h5-11,13H,4,12,14H2,1-3H3. The molecule has 3 nitrogen and oxygen atoms in total. The van der Waals surface area contributed by atoms with Gasteiger partial charge in [-0.1, -0.05) is 25.1 Å². The maximum atomic E-state index is 5.32. The second kappa shape index (κ2) is 7.58. The van der Waals surface area contributed by atoms with Crippen LogP contribution in [0.15, 0.2) is 48.5 Å². The second-order valence-corrected chi connectivity index (χ2v) is 4.97. The zero-order valence-corrected chi connectivity index (χ0v) is 13.0. The van der Waals surface area contributed by atoms with Crippen molar-refractivity contribution in [1.29, 1.82) is 0 Å². The van der Waals surface area contributed by atoms with Crippen molar-refractivity contribution in [3.05, 3.63) is 54.1 Å². The summed E-state index contributed by atoms with van der Waals surface area (Å²) in [7, 11) is 3.39. The number of rotatable bonds is 7. The van der Waals surface area contributed by atoms with Crippen LogP contribution in [0.2, 0.25) is 0 Å². The van der Waals surface area contributed by atoms with E-state index in [-0.39, 0.29) is 0 Å². The lowest BCUT2D eigenvalue weighted by molar-refractivity contribution is 0.414. The molecule has 0 spiro atoms. The van der Waals surface area contributed by atoms with E-state index in [4.69, 9.17) is 9.47 Å². The van der Waals surface area contributed by atoms with E-state index in [1.165, 1.54) is 11.3 Å². The van der Waals surface area contributed by atoms with E-state index < -0.39 is 0 Å². The Morgan fingerprint density at radius 2 is 1.62 bits per heavy atom. The lowest BCUT2D eigenvalue weighted by atomic mass is 10.1. The molecule has 0 amide bonds. The molecule has 0 aliphatic heterocycles. The summed E-state index contributed by atoms with van der Waals surface area (Å²) in [5, 5.41) is 0. The van der Waals surface area contributed by atoms with Crippen molar-refractivity contribution in [1.82, 2.24) is 0 Å². The van der Waals surface area contributed by atoms with Crippen molar-refractivity contribution in [3.63, 3.8) is 0 Å². The number of ether oxygens (including phenoxy) is 2. The van der Waals surface area contributed by atoms with Gasteiger partial charge in [0.05, 0.1) is 14.2 Å². The van der Waals surface area contributed by atoms with Gasteiger partial charge in [0.15, 0.2) is 0 Å². The highest BCUT2D eigenvalue weighted by Crippen LogP contribution is 2.23. The normalized spacial score (nSPS) is 10.2. The maximum Gasteiger partial charge on any atom is 0.120 e. The van der Waals surface area contributed by atoms with Gasteiger partial charge in [0.2, 0.25) is 0 Å². The maximum absolute atomic E-state index is 5.32. The van der Waals surface area contributed by atoms with Crippen LogP contribution < -0.4 is 14.4 Å². The molecule has 0 radical (unpaired) electrons. The SMILES string of the molecule is CCCN(Cc1ccc(OC)cc1)c1cccc(OC)c1. The lowest BCUT2D eigenvalue weighted by Crippen LogP contribution is -2.23. The Labute approximate surface area is 127 Å². The second-order valence-electron chi connectivity index (χ2n) is 4.97. The third-order valence-electron chi connectivity index (χ3n) is 3.44. The van der Waals surface area contributed by atoms with Gasteiger partial charge in [-0.25, -0.2) is 0 Å². The highest BCUT2D eigenvalue weighted by Gasteiger charge is 2.08. The summed E-state index contributed by atoms with van der Waals surface area (Å²) in [6.07, 6.45) is 1.10. The first-order chi connectivity index (χ1) is 10.3. The van der Waals surface area contributed by atoms with E-state index in [0.717, 1.165) is 31.0 Å². The van der Waals surface area contributed by atoms with Gasteiger partial charge < -0.3 is 14.4 Å². The number of nitrogens with zero attached hydrogens (tertiary/aromatic N) is 1. The molecule has 0 saturated carbocycles. The largest absolute Gasteiger partial charge is 0.497 e. The fraction of sp³-hybridized carbons (Fsp3) is 0.333. The van der Waals surface area contributed by atoms with Gasteiger partial charge in [-0.2, -0.15) is 0 Å². The van der Waals surface area contributed by atoms with E-state index >= 15 is 0 Å². The molecular weight excluding hydrogens is 262 g/mol. The first kappa shape index (κ1) is 15.2. The number of hydrogen-bond donors (Lipinski definition) is 0. The summed E-state index contributed by atoms with van der Waals surface area (Å²) in [6.45, 7) is 4.09. The highest BCUT2D eigenvalue weighted by atomic mass is 16.5. The van der Waals surface area contributed by atoms with Crippen molar-refractivity contribution >= 4 is 5.69 Å². The fourth-order valence-corrected chi connectivity index (χ4v) is 2.33. The predicted molar refractivity (Wildman–Crippen MR) is 87.3 cm³/mol. The monoisotopic (exact) mass is 285 g/mol. The van der Waals surface area contributed by atoms with Gasteiger partial charge in [-0.3, -0.25) is 0 Å². The third-order valence-corrected chi connectivity index (χ3v) is 3.44. The zero-order valence-electron chi connectivity index (χ0n) is 13.0. The Morgan fingerprint density at radius 3 is 2.24 bits per heavy atom. The average molecular weight is 285 g/mol.